The number of halogens is 1. The highest BCUT2D eigenvalue weighted by Gasteiger charge is 2.25. The lowest BCUT2D eigenvalue weighted by Crippen LogP contribution is -2.31. The molecule has 1 unspecified atom stereocenters. The van der Waals surface area contributed by atoms with Crippen LogP contribution in [0.5, 0.6) is 11.5 Å². The van der Waals surface area contributed by atoms with Crippen molar-refractivity contribution in [2.24, 2.45) is 0 Å². The van der Waals surface area contributed by atoms with Gasteiger partial charge in [-0.3, -0.25) is 0 Å². The molecule has 2 aliphatic heterocycles. The predicted octanol–water partition coefficient (Wildman–Crippen LogP) is 3.30. The topological polar surface area (TPSA) is 30.5 Å². The van der Waals surface area contributed by atoms with E-state index in [9.17, 15) is 0 Å². The minimum absolute atomic E-state index is 0.235. The third-order valence-electron chi connectivity index (χ3n) is 4.04. The van der Waals surface area contributed by atoms with Crippen LogP contribution < -0.4 is 14.8 Å². The van der Waals surface area contributed by atoms with Crippen LogP contribution in [-0.4, -0.2) is 19.8 Å². The second kappa shape index (κ2) is 5.50. The summed E-state index contributed by atoms with van der Waals surface area (Å²) in [6.07, 6.45) is 1.03. The van der Waals surface area contributed by atoms with E-state index < -0.39 is 0 Å². The van der Waals surface area contributed by atoms with Crippen molar-refractivity contribution < 1.29 is 9.47 Å². The van der Waals surface area contributed by atoms with Crippen molar-refractivity contribution in [2.75, 3.05) is 19.8 Å². The van der Waals surface area contributed by atoms with Crippen molar-refractivity contribution in [3.63, 3.8) is 0 Å². The molecule has 0 saturated carbocycles. The summed E-state index contributed by atoms with van der Waals surface area (Å²) in [5.41, 5.74) is 3.98. The summed E-state index contributed by atoms with van der Waals surface area (Å²) in [5.74, 6) is 1.77. The Morgan fingerprint density at radius 2 is 1.86 bits per heavy atom. The first-order valence-corrected chi connectivity index (χ1v) is 8.30. The molecule has 21 heavy (non-hydrogen) atoms. The molecule has 0 bridgehead atoms. The van der Waals surface area contributed by atoms with Crippen LogP contribution in [0, 0.1) is 3.57 Å². The molecule has 108 valence electrons. The molecule has 0 aromatic heterocycles. The van der Waals surface area contributed by atoms with Gasteiger partial charge in [0.2, 0.25) is 0 Å². The monoisotopic (exact) mass is 393 g/mol. The van der Waals surface area contributed by atoms with Gasteiger partial charge in [-0.25, -0.2) is 0 Å². The lowest BCUT2D eigenvalue weighted by Gasteiger charge is -2.30. The van der Waals surface area contributed by atoms with Gasteiger partial charge < -0.3 is 14.8 Å². The Balaban J connectivity index is 1.80. The van der Waals surface area contributed by atoms with E-state index >= 15 is 0 Å². The summed E-state index contributed by atoms with van der Waals surface area (Å²) < 4.78 is 12.7. The van der Waals surface area contributed by atoms with E-state index in [2.05, 4.69) is 64.3 Å². The molecule has 2 aliphatic rings. The van der Waals surface area contributed by atoms with Crippen molar-refractivity contribution in [2.45, 2.75) is 12.5 Å². The number of rotatable bonds is 1. The predicted molar refractivity (Wildman–Crippen MR) is 90.1 cm³/mol. The molecule has 3 nitrogen and oxygen atoms in total. The Morgan fingerprint density at radius 3 is 2.67 bits per heavy atom. The molecule has 0 aliphatic carbocycles. The highest BCUT2D eigenvalue weighted by Crippen LogP contribution is 2.38. The van der Waals surface area contributed by atoms with E-state index in [4.69, 9.17) is 9.47 Å². The molecule has 0 spiro atoms. The van der Waals surface area contributed by atoms with E-state index in [1.54, 1.807) is 0 Å². The van der Waals surface area contributed by atoms with E-state index in [0.29, 0.717) is 13.2 Å². The highest BCUT2D eigenvalue weighted by molar-refractivity contribution is 14.1. The minimum atomic E-state index is 0.235. The summed E-state index contributed by atoms with van der Waals surface area (Å²) in [6, 6.07) is 13.2. The van der Waals surface area contributed by atoms with Gasteiger partial charge in [0.1, 0.15) is 13.2 Å². The molecular weight excluding hydrogens is 377 g/mol. The maximum Gasteiger partial charge on any atom is 0.161 e. The van der Waals surface area contributed by atoms with Crippen LogP contribution in [0.15, 0.2) is 36.4 Å². The SMILES string of the molecule is Ic1cccc(C2NCCc3cc4c(cc32)OCCO4)c1. The van der Waals surface area contributed by atoms with Gasteiger partial charge in [0.25, 0.3) is 0 Å². The zero-order valence-electron chi connectivity index (χ0n) is 11.6. The lowest BCUT2D eigenvalue weighted by atomic mass is 9.89. The molecule has 2 aromatic rings. The third kappa shape index (κ3) is 2.51. The van der Waals surface area contributed by atoms with Crippen molar-refractivity contribution in [3.8, 4) is 11.5 Å². The van der Waals surface area contributed by atoms with Crippen LogP contribution in [0.4, 0.5) is 0 Å². The summed E-state index contributed by atoms with van der Waals surface area (Å²) in [5, 5.41) is 3.63. The van der Waals surface area contributed by atoms with Crippen LogP contribution in [-0.2, 0) is 6.42 Å². The van der Waals surface area contributed by atoms with Gasteiger partial charge in [0.15, 0.2) is 11.5 Å². The van der Waals surface area contributed by atoms with Gasteiger partial charge in [-0.15, -0.1) is 0 Å². The largest absolute Gasteiger partial charge is 0.486 e. The zero-order valence-corrected chi connectivity index (χ0v) is 13.7. The van der Waals surface area contributed by atoms with Gasteiger partial charge in [-0.05, 0) is 70.0 Å². The third-order valence-corrected chi connectivity index (χ3v) is 4.71. The Morgan fingerprint density at radius 1 is 1.05 bits per heavy atom. The first kappa shape index (κ1) is 13.4. The Bertz CT molecular complexity index is 686. The molecule has 0 fully saturated rings. The summed E-state index contributed by atoms with van der Waals surface area (Å²) in [4.78, 5) is 0. The maximum atomic E-state index is 5.74. The average molecular weight is 393 g/mol. The standard InChI is InChI=1S/C17H16INO2/c18-13-3-1-2-12(8-13)17-14-10-16-15(20-6-7-21-16)9-11(14)4-5-19-17/h1-3,8-10,17,19H,4-7H2. The minimum Gasteiger partial charge on any atom is -0.486 e. The molecule has 1 N–H and O–H groups in total. The van der Waals surface area contributed by atoms with Crippen molar-refractivity contribution in [1.82, 2.24) is 5.32 Å². The zero-order chi connectivity index (χ0) is 14.2. The molecule has 0 saturated heterocycles. The lowest BCUT2D eigenvalue weighted by molar-refractivity contribution is 0.171. The number of fused-ring (bicyclic) bond motifs is 2. The van der Waals surface area contributed by atoms with Crippen molar-refractivity contribution in [3.05, 3.63) is 56.7 Å². The molecule has 4 heteroatoms. The summed E-state index contributed by atoms with van der Waals surface area (Å²) >= 11 is 2.36. The fourth-order valence-electron chi connectivity index (χ4n) is 3.08. The van der Waals surface area contributed by atoms with Gasteiger partial charge >= 0.3 is 0 Å². The van der Waals surface area contributed by atoms with Crippen LogP contribution in [0.25, 0.3) is 0 Å². The van der Waals surface area contributed by atoms with Crippen LogP contribution in [0.2, 0.25) is 0 Å². The van der Waals surface area contributed by atoms with Crippen LogP contribution in [0.1, 0.15) is 22.7 Å². The first-order chi connectivity index (χ1) is 10.3. The van der Waals surface area contributed by atoms with E-state index in [1.807, 2.05) is 0 Å². The number of hydrogen-bond acceptors (Lipinski definition) is 3. The summed E-state index contributed by atoms with van der Waals surface area (Å²) in [6.45, 7) is 2.26. The van der Waals surface area contributed by atoms with Gasteiger partial charge in [0.05, 0.1) is 6.04 Å². The van der Waals surface area contributed by atoms with Gasteiger partial charge in [-0.2, -0.15) is 0 Å². The highest BCUT2D eigenvalue weighted by atomic mass is 127. The fraction of sp³-hybridized carbons (Fsp3) is 0.294. The second-order valence-corrected chi connectivity index (χ2v) is 6.63. The van der Waals surface area contributed by atoms with Gasteiger partial charge in [0, 0.05) is 10.1 Å². The van der Waals surface area contributed by atoms with E-state index in [-0.39, 0.29) is 6.04 Å². The maximum absolute atomic E-state index is 5.74. The molecule has 0 radical (unpaired) electrons. The molecular formula is C17H16INO2. The number of benzene rings is 2. The first-order valence-electron chi connectivity index (χ1n) is 7.22. The molecule has 2 aromatic carbocycles. The average Bonchev–Trinajstić information content (AvgIpc) is 2.52. The Kier molecular flexibility index (Phi) is 3.51. The van der Waals surface area contributed by atoms with E-state index in [0.717, 1.165) is 24.5 Å². The Hall–Kier alpha value is -1.27. The van der Waals surface area contributed by atoms with Crippen LogP contribution >= 0.6 is 22.6 Å². The summed E-state index contributed by atoms with van der Waals surface area (Å²) in [7, 11) is 0. The number of hydrogen-bond donors (Lipinski definition) is 1. The van der Waals surface area contributed by atoms with E-state index in [1.165, 1.54) is 20.3 Å². The smallest absolute Gasteiger partial charge is 0.161 e. The molecule has 2 heterocycles. The van der Waals surface area contributed by atoms with Gasteiger partial charge in [-0.1, -0.05) is 12.1 Å². The molecule has 0 amide bonds. The molecule has 4 rings (SSSR count). The fourth-order valence-corrected chi connectivity index (χ4v) is 3.64. The number of nitrogens with one attached hydrogen (secondary N) is 1. The second-order valence-electron chi connectivity index (χ2n) is 5.39. The van der Waals surface area contributed by atoms with Crippen molar-refractivity contribution >= 4 is 22.6 Å². The molecule has 1 atom stereocenters. The quantitative estimate of drug-likeness (QED) is 0.755. The number of ether oxygens (including phenoxy) is 2. The van der Waals surface area contributed by atoms with Crippen molar-refractivity contribution in [1.29, 1.82) is 0 Å². The normalized spacial score (nSPS) is 20.0. The Labute approximate surface area is 137 Å². The van der Waals surface area contributed by atoms with Crippen LogP contribution in [0.3, 0.4) is 0 Å².